The third kappa shape index (κ3) is 4.64. The summed E-state index contributed by atoms with van der Waals surface area (Å²) in [6.07, 6.45) is 2.66. The minimum Gasteiger partial charge on any atom is -0.480 e. The number of carboxylic acid groups (broad SMARTS) is 1. The van der Waals surface area contributed by atoms with Gasteiger partial charge in [0.1, 0.15) is 12.1 Å². The monoisotopic (exact) mass is 476 g/mol. The molecule has 0 saturated heterocycles. The summed E-state index contributed by atoms with van der Waals surface area (Å²) in [5, 5.41) is 15.4. The van der Waals surface area contributed by atoms with E-state index in [2.05, 4.69) is 41.8 Å². The summed E-state index contributed by atoms with van der Waals surface area (Å²) in [5.74, 6) is -0.955. The first-order chi connectivity index (χ1) is 16.9. The van der Waals surface area contributed by atoms with Crippen LogP contribution in [0.4, 0.5) is 4.79 Å². The van der Waals surface area contributed by atoms with Crippen LogP contribution in [-0.2, 0) is 14.3 Å². The summed E-state index contributed by atoms with van der Waals surface area (Å²) in [5.41, 5.74) is 3.51. The average molecular weight is 477 g/mol. The molecule has 0 aromatic heterocycles. The first kappa shape index (κ1) is 23.4. The van der Waals surface area contributed by atoms with Gasteiger partial charge in [-0.15, -0.1) is 0 Å². The quantitative estimate of drug-likeness (QED) is 0.552. The van der Waals surface area contributed by atoms with Crippen molar-refractivity contribution in [2.24, 2.45) is 17.8 Å². The number of fused-ring (bicyclic) bond motifs is 3. The Morgan fingerprint density at radius 1 is 1.00 bits per heavy atom. The van der Waals surface area contributed by atoms with Gasteiger partial charge in [0.25, 0.3) is 0 Å². The fourth-order valence-corrected chi connectivity index (χ4v) is 5.63. The smallest absolute Gasteiger partial charge is 0.407 e. The molecule has 5 rings (SSSR count). The maximum absolute atomic E-state index is 12.7. The Kier molecular flexibility index (Phi) is 6.26. The predicted molar refractivity (Wildman–Crippen MR) is 131 cm³/mol. The Labute approximate surface area is 205 Å². The number of carboxylic acids is 1. The van der Waals surface area contributed by atoms with Gasteiger partial charge in [-0.2, -0.15) is 0 Å². The van der Waals surface area contributed by atoms with Gasteiger partial charge in [0.05, 0.1) is 0 Å². The minimum atomic E-state index is -1.16. The van der Waals surface area contributed by atoms with E-state index in [1.807, 2.05) is 24.3 Å². The van der Waals surface area contributed by atoms with E-state index in [-0.39, 0.29) is 30.3 Å². The van der Waals surface area contributed by atoms with Gasteiger partial charge in [0.2, 0.25) is 5.91 Å². The van der Waals surface area contributed by atoms with E-state index in [0.29, 0.717) is 31.7 Å². The highest BCUT2D eigenvalue weighted by atomic mass is 16.5. The lowest BCUT2D eigenvalue weighted by Crippen LogP contribution is -2.56. The van der Waals surface area contributed by atoms with Crippen molar-refractivity contribution >= 4 is 18.0 Å². The van der Waals surface area contributed by atoms with Gasteiger partial charge in [-0.1, -0.05) is 55.5 Å². The number of benzene rings is 2. The zero-order valence-electron chi connectivity index (χ0n) is 20.0. The van der Waals surface area contributed by atoms with Gasteiger partial charge < -0.3 is 20.5 Å². The molecule has 2 aromatic carbocycles. The fourth-order valence-electron chi connectivity index (χ4n) is 5.63. The number of aliphatic carboxylic acids is 1. The average Bonchev–Trinajstić information content (AvgIpc) is 3.58. The van der Waals surface area contributed by atoms with Gasteiger partial charge in [-0.05, 0) is 66.2 Å². The lowest BCUT2D eigenvalue weighted by molar-refractivity contribution is -0.150. The van der Waals surface area contributed by atoms with Crippen molar-refractivity contribution in [3.63, 3.8) is 0 Å². The number of hydrogen-bond acceptors (Lipinski definition) is 4. The molecule has 2 aromatic rings. The van der Waals surface area contributed by atoms with E-state index >= 15 is 0 Å². The van der Waals surface area contributed by atoms with Crippen LogP contribution in [0.25, 0.3) is 11.1 Å². The molecule has 7 heteroatoms. The normalized spacial score (nSPS) is 26.8. The van der Waals surface area contributed by atoms with E-state index in [9.17, 15) is 19.5 Å². The van der Waals surface area contributed by atoms with E-state index < -0.39 is 17.6 Å². The Balaban J connectivity index is 1.10. The second kappa shape index (κ2) is 9.36. The molecule has 0 aliphatic heterocycles. The van der Waals surface area contributed by atoms with E-state index in [4.69, 9.17) is 4.74 Å². The highest BCUT2D eigenvalue weighted by Crippen LogP contribution is 2.44. The minimum absolute atomic E-state index is 0.00183. The molecule has 2 atom stereocenters. The molecule has 0 unspecified atom stereocenters. The van der Waals surface area contributed by atoms with Crippen LogP contribution < -0.4 is 10.6 Å². The Morgan fingerprint density at radius 3 is 2.20 bits per heavy atom. The molecule has 0 bridgehead atoms. The number of alkyl carbamates (subject to hydrolysis) is 1. The van der Waals surface area contributed by atoms with Crippen molar-refractivity contribution < 1.29 is 24.2 Å². The number of nitrogens with one attached hydrogen (secondary N) is 2. The highest BCUT2D eigenvalue weighted by molar-refractivity contribution is 5.89. The Morgan fingerprint density at radius 2 is 1.60 bits per heavy atom. The van der Waals surface area contributed by atoms with Gasteiger partial charge in [-0.3, -0.25) is 4.79 Å². The molecule has 2 saturated carbocycles. The zero-order chi connectivity index (χ0) is 24.6. The molecule has 0 heterocycles. The third-order valence-corrected chi connectivity index (χ3v) is 8.01. The molecule has 35 heavy (non-hydrogen) atoms. The van der Waals surface area contributed by atoms with E-state index in [1.165, 1.54) is 11.1 Å². The second-order valence-electron chi connectivity index (χ2n) is 10.4. The maximum Gasteiger partial charge on any atom is 0.407 e. The van der Waals surface area contributed by atoms with Crippen LogP contribution in [0.1, 0.15) is 56.1 Å². The first-order valence-electron chi connectivity index (χ1n) is 12.5. The van der Waals surface area contributed by atoms with E-state index in [0.717, 1.165) is 24.0 Å². The molecule has 3 aliphatic carbocycles. The van der Waals surface area contributed by atoms with E-state index in [1.54, 1.807) is 0 Å². The molecule has 3 N–H and O–H groups in total. The van der Waals surface area contributed by atoms with Crippen LogP contribution >= 0.6 is 0 Å². The van der Waals surface area contributed by atoms with Crippen molar-refractivity contribution in [2.45, 2.75) is 50.5 Å². The molecule has 2 amide bonds. The van der Waals surface area contributed by atoms with Crippen LogP contribution in [0.3, 0.4) is 0 Å². The second-order valence-corrected chi connectivity index (χ2v) is 10.4. The summed E-state index contributed by atoms with van der Waals surface area (Å²) in [6, 6.07) is 16.4. The first-order valence-corrected chi connectivity index (χ1v) is 12.5. The molecule has 0 spiro atoms. The van der Waals surface area contributed by atoms with Gasteiger partial charge in [-0.25, -0.2) is 9.59 Å². The number of amides is 2. The van der Waals surface area contributed by atoms with Gasteiger partial charge in [0, 0.05) is 18.4 Å². The molecule has 2 fully saturated rings. The van der Waals surface area contributed by atoms with Crippen LogP contribution in [0.5, 0.6) is 0 Å². The summed E-state index contributed by atoms with van der Waals surface area (Å²) < 4.78 is 5.56. The van der Waals surface area contributed by atoms with Crippen LogP contribution in [0.2, 0.25) is 0 Å². The van der Waals surface area contributed by atoms with Crippen LogP contribution in [-0.4, -0.2) is 41.8 Å². The lowest BCUT2D eigenvalue weighted by atomic mass is 9.77. The number of carbonyl (C=O) groups excluding carboxylic acids is 2. The Hall–Kier alpha value is -3.35. The van der Waals surface area contributed by atoms with Crippen LogP contribution in [0, 0.1) is 17.8 Å². The molecule has 3 aliphatic rings. The molecule has 0 radical (unpaired) electrons. The fraction of sp³-hybridized carbons (Fsp3) is 0.464. The van der Waals surface area contributed by atoms with Crippen molar-refractivity contribution in [3.05, 3.63) is 59.7 Å². The number of carbonyl (C=O) groups is 3. The molecule has 184 valence electrons. The summed E-state index contributed by atoms with van der Waals surface area (Å²) in [4.78, 5) is 37.0. The molecular weight excluding hydrogens is 444 g/mol. The lowest BCUT2D eigenvalue weighted by Gasteiger charge is -2.36. The van der Waals surface area contributed by atoms with Crippen molar-refractivity contribution in [2.75, 3.05) is 13.2 Å². The van der Waals surface area contributed by atoms with Crippen molar-refractivity contribution in [1.29, 1.82) is 0 Å². The van der Waals surface area contributed by atoms with Gasteiger partial charge >= 0.3 is 12.1 Å². The highest BCUT2D eigenvalue weighted by Gasteiger charge is 2.48. The number of ether oxygens (including phenoxy) is 1. The van der Waals surface area contributed by atoms with Crippen molar-refractivity contribution in [1.82, 2.24) is 10.6 Å². The predicted octanol–water partition coefficient (Wildman–Crippen LogP) is 4.31. The summed E-state index contributed by atoms with van der Waals surface area (Å²) in [6.45, 7) is 2.69. The zero-order valence-corrected chi connectivity index (χ0v) is 20.0. The summed E-state index contributed by atoms with van der Waals surface area (Å²) >= 11 is 0. The maximum atomic E-state index is 12.7. The standard InChI is InChI=1S/C28H32N2O5/c1-17-10-12-28(13-11-17,26(32)33)30-25(31)23-14-18(23)15-29-27(34)35-16-24-21-8-4-2-6-19(21)20-7-3-5-9-22(20)24/h2-9,17-18,23-24H,10-16H2,1H3,(H,29,34)(H,30,31)(H,32,33)/t17?,18-,23-,28?/m0/s1. The number of hydrogen-bond donors (Lipinski definition) is 3. The molecule has 7 nitrogen and oxygen atoms in total. The summed E-state index contributed by atoms with van der Waals surface area (Å²) in [7, 11) is 0. The molecular formula is C28H32N2O5. The third-order valence-electron chi connectivity index (χ3n) is 8.01. The van der Waals surface area contributed by atoms with Crippen molar-refractivity contribution in [3.8, 4) is 11.1 Å². The largest absolute Gasteiger partial charge is 0.480 e. The topological polar surface area (TPSA) is 105 Å². The SMILES string of the molecule is CC1CCC(NC(=O)[C@H]2C[C@H]2CNC(=O)OCC2c3ccccc3-c3ccccc32)(C(=O)O)CC1. The van der Waals surface area contributed by atoms with Gasteiger partial charge in [0.15, 0.2) is 0 Å². The van der Waals surface area contributed by atoms with Crippen LogP contribution in [0.15, 0.2) is 48.5 Å². The Bertz CT molecular complexity index is 1090. The number of rotatable bonds is 7.